The number of ether oxygens (including phenoxy) is 2. The predicted molar refractivity (Wildman–Crippen MR) is 247 cm³/mol. The van der Waals surface area contributed by atoms with E-state index in [1.165, 1.54) is 31.0 Å². The highest BCUT2D eigenvalue weighted by molar-refractivity contribution is 7.92. The van der Waals surface area contributed by atoms with Gasteiger partial charge in [-0.2, -0.15) is 4.98 Å². The number of nitrogens with zero attached hydrogens (tertiary/aromatic N) is 6. The Balaban J connectivity index is 0.851. The first-order valence-corrected chi connectivity index (χ1v) is 23.4. The number of amides is 3. The molecular weight excluding hydrogens is 860 g/mol. The molecule has 17 nitrogen and oxygen atoms in total. The second-order valence-corrected chi connectivity index (χ2v) is 18.0. The van der Waals surface area contributed by atoms with Crippen LogP contribution in [0.1, 0.15) is 63.8 Å². The van der Waals surface area contributed by atoms with Crippen molar-refractivity contribution in [3.8, 4) is 11.5 Å². The van der Waals surface area contributed by atoms with Gasteiger partial charge in [-0.05, 0) is 73.1 Å². The number of piperidine rings is 2. The Hall–Kier alpha value is -5.69. The number of hydrogen-bond acceptors (Lipinski definition) is 14. The molecule has 5 heterocycles. The molecule has 0 bridgehead atoms. The van der Waals surface area contributed by atoms with Crippen molar-refractivity contribution in [3.05, 3.63) is 82.0 Å². The van der Waals surface area contributed by atoms with E-state index in [2.05, 4.69) is 58.3 Å². The summed E-state index contributed by atoms with van der Waals surface area (Å²) in [4.78, 5) is 55.4. The molecule has 4 N–H and O–H groups in total. The maximum atomic E-state index is 13.1. The van der Waals surface area contributed by atoms with E-state index in [1.54, 1.807) is 18.1 Å². The minimum atomic E-state index is -4.80. The number of aromatic nitrogens is 2. The Bertz CT molecular complexity index is 2640. The minimum Gasteiger partial charge on any atom is -0.494 e. The Morgan fingerprint density at radius 1 is 0.938 bits per heavy atom. The van der Waals surface area contributed by atoms with Crippen molar-refractivity contribution < 1.29 is 36.4 Å². The van der Waals surface area contributed by atoms with Crippen LogP contribution in [0.2, 0.25) is 5.02 Å². The van der Waals surface area contributed by atoms with E-state index in [4.69, 9.17) is 25.2 Å². The zero-order valence-corrected chi connectivity index (χ0v) is 37.7. The molecule has 1 aromatic heterocycles. The fourth-order valence-corrected chi connectivity index (χ4v) is 9.78. The Morgan fingerprint density at radius 2 is 1.72 bits per heavy atom. The van der Waals surface area contributed by atoms with Crippen molar-refractivity contribution in [1.82, 2.24) is 30.0 Å². The fraction of sp³-hybridized carbons (Fsp3) is 0.444. The molecule has 0 saturated carbocycles. The molecule has 3 saturated heterocycles. The van der Waals surface area contributed by atoms with Gasteiger partial charge in [-0.3, -0.25) is 29.3 Å². The van der Waals surface area contributed by atoms with Crippen molar-refractivity contribution in [1.29, 1.82) is 0 Å². The third-order valence-electron chi connectivity index (χ3n) is 12.5. The number of methoxy groups -OCH3 is 2. The highest BCUT2D eigenvalue weighted by Crippen LogP contribution is 2.39. The van der Waals surface area contributed by atoms with E-state index >= 15 is 0 Å². The van der Waals surface area contributed by atoms with Gasteiger partial charge in [0, 0.05) is 86.3 Å². The molecule has 340 valence electrons. The number of anilines is 6. The van der Waals surface area contributed by atoms with Crippen LogP contribution in [0.25, 0.3) is 0 Å². The highest BCUT2D eigenvalue weighted by Gasteiger charge is 2.39. The number of imide groups is 1. The van der Waals surface area contributed by atoms with Gasteiger partial charge in [-0.25, -0.2) is 13.4 Å². The third-order valence-corrected chi connectivity index (χ3v) is 13.3. The summed E-state index contributed by atoms with van der Waals surface area (Å²) in [5, 5.41) is 8.74. The maximum absolute atomic E-state index is 13.1. The molecule has 4 aliphatic rings. The van der Waals surface area contributed by atoms with Crippen LogP contribution in [0.5, 0.6) is 11.5 Å². The molecule has 3 amide bonds. The molecule has 8 rings (SSSR count). The number of benzene rings is 3. The first kappa shape index (κ1) is 41.0. The summed E-state index contributed by atoms with van der Waals surface area (Å²) in [5.41, 5.74) is 5.62. The average Bonchev–Trinajstić information content (AvgIpc) is 3.63. The number of nitrogens with one attached hydrogen (secondary N) is 4. The number of halogens is 1. The first-order valence-electron chi connectivity index (χ1n) is 23.0. The number of hydrogen-bond donors (Lipinski definition) is 4. The molecule has 4 aromatic rings. The van der Waals surface area contributed by atoms with E-state index in [0.29, 0.717) is 36.0 Å². The van der Waals surface area contributed by atoms with Crippen LogP contribution in [0.3, 0.4) is 0 Å². The molecule has 0 radical (unpaired) electrons. The topological polar surface area (TPSA) is 191 Å². The van der Waals surface area contributed by atoms with Gasteiger partial charge in [0.05, 0.1) is 38.0 Å². The van der Waals surface area contributed by atoms with E-state index in [9.17, 15) is 22.8 Å². The van der Waals surface area contributed by atoms with Gasteiger partial charge in [0.15, 0.2) is 5.82 Å². The summed E-state index contributed by atoms with van der Waals surface area (Å²) in [5.74, 6) is 0.128. The summed E-state index contributed by atoms with van der Waals surface area (Å²) in [6.07, 6.45) is 2.36. The Morgan fingerprint density at radius 3 is 2.44 bits per heavy atom. The van der Waals surface area contributed by atoms with Crippen LogP contribution in [0.4, 0.5) is 34.5 Å². The predicted octanol–water partition coefficient (Wildman–Crippen LogP) is 5.16. The molecule has 0 aliphatic carbocycles. The largest absolute Gasteiger partial charge is 0.494 e. The number of fused-ring (bicyclic) bond motifs is 1. The molecule has 19 heteroatoms. The Kier molecular flexibility index (Phi) is 12.3. The van der Waals surface area contributed by atoms with Gasteiger partial charge in [0.25, 0.3) is 5.91 Å². The highest BCUT2D eigenvalue weighted by atomic mass is 35.5. The number of carbonyl (C=O) groups is 3. The SMILES string of the molecule is [2H]C([2H])([2H])S(=O)(=O)Nc1c(Nc2nc(Nc3cc(CC)c(N4CCC(N5CCN(CCc6ccc7c(c6)CN(C6CCC(=O)NC6=O)C7=O)CC5)CC4)cc3OC)ncc2Cl)cccc1OC. The number of aryl methyl sites for hydroxylation is 1. The van der Waals surface area contributed by atoms with Gasteiger partial charge < -0.3 is 34.8 Å². The van der Waals surface area contributed by atoms with Gasteiger partial charge in [-0.15, -0.1) is 0 Å². The van der Waals surface area contributed by atoms with Crippen molar-refractivity contribution >= 4 is 73.9 Å². The summed E-state index contributed by atoms with van der Waals surface area (Å²) in [7, 11) is -1.86. The van der Waals surface area contributed by atoms with Crippen molar-refractivity contribution in [2.75, 3.05) is 86.5 Å². The zero-order chi connectivity index (χ0) is 47.6. The number of rotatable bonds is 15. The normalized spacial score (nSPS) is 19.7. The fourth-order valence-electron chi connectivity index (χ4n) is 9.16. The lowest BCUT2D eigenvalue weighted by atomic mass is 9.99. The number of para-hydroxylation sites is 1. The average molecular weight is 919 g/mol. The van der Waals surface area contributed by atoms with Gasteiger partial charge in [-0.1, -0.05) is 36.7 Å². The number of sulfonamides is 1. The lowest BCUT2D eigenvalue weighted by molar-refractivity contribution is -0.136. The molecule has 4 aliphatic heterocycles. The standard InChI is InChI=1S/C45H55ClN10O7S/c1-5-29-24-35(49-45-47-26-33(46)42(51-45)48-34-7-6-8-38(62-2)41(34)52-64(4,60)61)39(63-3)25-37(29)55-17-14-31(15-18-55)54-21-19-53(20-22-54)16-13-28-9-10-32-30(23-28)27-56(44(32)59)36-11-12-40(57)50-43(36)58/h6-10,23-26,31,36,52H,5,11-22,27H2,1-4H3,(H,50,57,58)(H2,47,48,49,51)/i4D3. The van der Waals surface area contributed by atoms with Crippen molar-refractivity contribution in [3.63, 3.8) is 0 Å². The minimum absolute atomic E-state index is 0.0758. The zero-order valence-electron chi connectivity index (χ0n) is 39.1. The smallest absolute Gasteiger partial charge is 0.255 e. The lowest BCUT2D eigenvalue weighted by Crippen LogP contribution is -2.53. The second kappa shape index (κ2) is 19.2. The molecule has 1 atom stereocenters. The van der Waals surface area contributed by atoms with Crippen LogP contribution < -0.4 is 35.0 Å². The van der Waals surface area contributed by atoms with Crippen molar-refractivity contribution in [2.45, 2.75) is 64.1 Å². The summed E-state index contributed by atoms with van der Waals surface area (Å²) in [6.45, 7) is 9.22. The number of piperazine rings is 1. The molecule has 1 unspecified atom stereocenters. The molecule has 3 aromatic carbocycles. The summed E-state index contributed by atoms with van der Waals surface area (Å²) in [6, 6.07) is 14.6. The van der Waals surface area contributed by atoms with Crippen LogP contribution in [-0.4, -0.2) is 129 Å². The first-order chi connectivity index (χ1) is 32.0. The van der Waals surface area contributed by atoms with E-state index in [1.807, 2.05) is 24.3 Å². The molecular formula is C45H55ClN10O7S. The van der Waals surface area contributed by atoms with Crippen LogP contribution in [0.15, 0.2) is 54.7 Å². The lowest BCUT2D eigenvalue weighted by Gasteiger charge is -2.43. The van der Waals surface area contributed by atoms with E-state index in [0.717, 1.165) is 88.3 Å². The van der Waals surface area contributed by atoms with Gasteiger partial charge >= 0.3 is 0 Å². The quantitative estimate of drug-likeness (QED) is 0.115. The monoisotopic (exact) mass is 917 g/mol. The second-order valence-electron chi connectivity index (χ2n) is 16.4. The molecule has 3 fully saturated rings. The molecule has 0 spiro atoms. The van der Waals surface area contributed by atoms with E-state index in [-0.39, 0.29) is 52.1 Å². The van der Waals surface area contributed by atoms with E-state index < -0.39 is 28.2 Å². The Labute approximate surface area is 383 Å². The third kappa shape index (κ3) is 9.99. The van der Waals surface area contributed by atoms with Crippen molar-refractivity contribution in [2.24, 2.45) is 0 Å². The van der Waals surface area contributed by atoms with Gasteiger partial charge in [0.1, 0.15) is 28.3 Å². The summed E-state index contributed by atoms with van der Waals surface area (Å²) >= 11 is 6.50. The maximum Gasteiger partial charge on any atom is 0.255 e. The van der Waals surface area contributed by atoms with Crippen LogP contribution in [0, 0.1) is 0 Å². The van der Waals surface area contributed by atoms with Crippen LogP contribution in [-0.2, 0) is 39.0 Å². The summed E-state index contributed by atoms with van der Waals surface area (Å²) < 4.78 is 61.0. The molecule has 64 heavy (non-hydrogen) atoms. The van der Waals surface area contributed by atoms with Gasteiger partial charge in [0.2, 0.25) is 27.8 Å². The number of carbonyl (C=O) groups excluding carboxylic acids is 3. The van der Waals surface area contributed by atoms with Crippen LogP contribution >= 0.6 is 11.6 Å².